The molecule has 0 radical (unpaired) electrons. The first-order chi connectivity index (χ1) is 13.1. The maximum absolute atomic E-state index is 12.4. The van der Waals surface area contributed by atoms with Gasteiger partial charge in [-0.05, 0) is 61.9 Å². The lowest BCUT2D eigenvalue weighted by molar-refractivity contribution is 0.806. The number of nitrogens with one attached hydrogen (secondary N) is 2. The fourth-order valence-electron chi connectivity index (χ4n) is 2.78. The molecule has 0 amide bonds. The topological polar surface area (TPSA) is 62.7 Å². The van der Waals surface area contributed by atoms with Gasteiger partial charge in [-0.2, -0.15) is 4.68 Å². The Kier molecular flexibility index (Phi) is 4.85. The number of halogens is 1. The average molecular weight is 379 g/mol. The molecule has 2 aromatic carbocycles. The number of benzene rings is 2. The lowest BCUT2D eigenvalue weighted by atomic mass is 10.1. The van der Waals surface area contributed by atoms with Crippen molar-refractivity contribution in [1.82, 2.24) is 20.1 Å². The summed E-state index contributed by atoms with van der Waals surface area (Å²) >= 11 is 6.30. The van der Waals surface area contributed by atoms with Crippen LogP contribution in [0, 0.1) is 17.8 Å². The van der Waals surface area contributed by atoms with E-state index in [-0.39, 0.29) is 5.69 Å². The number of rotatable bonds is 4. The van der Waals surface area contributed by atoms with Crippen molar-refractivity contribution in [2.24, 2.45) is 5.92 Å². The van der Waals surface area contributed by atoms with Crippen LogP contribution in [0.5, 0.6) is 0 Å². The monoisotopic (exact) mass is 378 g/mol. The minimum absolute atomic E-state index is 0.328. The van der Waals surface area contributed by atoms with Gasteiger partial charge in [0.25, 0.3) is 0 Å². The van der Waals surface area contributed by atoms with Gasteiger partial charge in [0, 0.05) is 23.6 Å². The summed E-state index contributed by atoms with van der Waals surface area (Å²) in [4.78, 5) is 15.2. The van der Waals surface area contributed by atoms with E-state index in [1.54, 1.807) is 6.07 Å². The predicted molar refractivity (Wildman–Crippen MR) is 107 cm³/mol. The van der Waals surface area contributed by atoms with Crippen LogP contribution in [0.25, 0.3) is 17.1 Å². The first kappa shape index (κ1) is 17.6. The minimum Gasteiger partial charge on any atom is -0.316 e. The van der Waals surface area contributed by atoms with E-state index < -0.39 is 0 Å². The quantitative estimate of drug-likeness (QED) is 0.684. The molecule has 0 saturated heterocycles. The highest BCUT2D eigenvalue weighted by molar-refractivity contribution is 6.32. The highest BCUT2D eigenvalue weighted by atomic mass is 35.5. The van der Waals surface area contributed by atoms with Gasteiger partial charge in [-0.3, -0.25) is 4.98 Å². The van der Waals surface area contributed by atoms with Gasteiger partial charge >= 0.3 is 5.69 Å². The molecular weight excluding hydrogens is 360 g/mol. The Labute approximate surface area is 162 Å². The molecule has 0 bridgehead atoms. The largest absolute Gasteiger partial charge is 0.348 e. The number of hydrogen-bond acceptors (Lipinski definition) is 3. The van der Waals surface area contributed by atoms with Crippen LogP contribution in [0.1, 0.15) is 24.0 Å². The molecule has 1 aliphatic rings. The summed E-state index contributed by atoms with van der Waals surface area (Å²) in [5.41, 5.74) is 3.04. The number of hydrogen-bond donors (Lipinski definition) is 2. The van der Waals surface area contributed by atoms with Gasteiger partial charge in [-0.1, -0.05) is 29.5 Å². The standard InChI is InChI=1S/C21H19ClN4O/c1-23-13-16-8-11-18(22)19(12-16)26-21(27)24-20(25-26)17-9-6-15(7-10-17)5-4-14-2-3-14/h6-12,14,23H,2-3,13H2,1H3,(H,24,25,27). The van der Waals surface area contributed by atoms with Gasteiger partial charge in [0.1, 0.15) is 0 Å². The molecule has 1 aromatic heterocycles. The summed E-state index contributed by atoms with van der Waals surface area (Å²) in [7, 11) is 1.87. The van der Waals surface area contributed by atoms with Crippen molar-refractivity contribution >= 4 is 11.6 Å². The second-order valence-electron chi connectivity index (χ2n) is 6.63. The van der Waals surface area contributed by atoms with Crippen LogP contribution in [-0.2, 0) is 6.54 Å². The number of nitrogens with zero attached hydrogens (tertiary/aromatic N) is 2. The average Bonchev–Trinajstić information content (AvgIpc) is 3.43. The highest BCUT2D eigenvalue weighted by Crippen LogP contribution is 2.27. The first-order valence-electron chi connectivity index (χ1n) is 8.89. The zero-order valence-electron chi connectivity index (χ0n) is 14.9. The van der Waals surface area contributed by atoms with Gasteiger partial charge < -0.3 is 5.32 Å². The molecule has 1 saturated carbocycles. The molecule has 0 aliphatic heterocycles. The van der Waals surface area contributed by atoms with Gasteiger partial charge in [0.05, 0.1) is 10.7 Å². The fourth-order valence-corrected chi connectivity index (χ4v) is 2.97. The predicted octanol–water partition coefficient (Wildman–Crippen LogP) is 3.36. The number of aromatic nitrogens is 3. The molecule has 136 valence electrons. The smallest absolute Gasteiger partial charge is 0.316 e. The second-order valence-corrected chi connectivity index (χ2v) is 7.03. The van der Waals surface area contributed by atoms with E-state index in [0.717, 1.165) is 16.7 Å². The molecule has 5 nitrogen and oxygen atoms in total. The maximum atomic E-state index is 12.4. The third-order valence-electron chi connectivity index (χ3n) is 4.39. The maximum Gasteiger partial charge on any atom is 0.348 e. The molecule has 6 heteroatoms. The van der Waals surface area contributed by atoms with Crippen LogP contribution in [0.2, 0.25) is 5.02 Å². The van der Waals surface area contributed by atoms with Crippen molar-refractivity contribution in [1.29, 1.82) is 0 Å². The van der Waals surface area contributed by atoms with E-state index in [4.69, 9.17) is 11.6 Å². The van der Waals surface area contributed by atoms with Crippen molar-refractivity contribution in [2.45, 2.75) is 19.4 Å². The number of H-pyrrole nitrogens is 1. The number of aromatic amines is 1. The fraction of sp³-hybridized carbons (Fsp3) is 0.238. The summed E-state index contributed by atoms with van der Waals surface area (Å²) in [5.74, 6) is 7.49. The Morgan fingerprint density at radius 1 is 1.26 bits per heavy atom. The Hall–Kier alpha value is -2.81. The summed E-state index contributed by atoms with van der Waals surface area (Å²) in [5, 5.41) is 7.99. The summed E-state index contributed by atoms with van der Waals surface area (Å²) in [6.07, 6.45) is 2.42. The van der Waals surface area contributed by atoms with Crippen molar-refractivity contribution in [3.05, 3.63) is 69.1 Å². The van der Waals surface area contributed by atoms with E-state index in [0.29, 0.717) is 29.0 Å². The van der Waals surface area contributed by atoms with Crippen LogP contribution < -0.4 is 11.0 Å². The Balaban J connectivity index is 1.65. The van der Waals surface area contributed by atoms with E-state index >= 15 is 0 Å². The zero-order chi connectivity index (χ0) is 18.8. The summed E-state index contributed by atoms with van der Waals surface area (Å²) in [6, 6.07) is 13.3. The minimum atomic E-state index is -0.328. The first-order valence-corrected chi connectivity index (χ1v) is 9.26. The molecular formula is C21H19ClN4O. The molecule has 0 spiro atoms. The SMILES string of the molecule is CNCc1ccc(Cl)c(-n2nc(-c3ccc(C#CC4CC4)cc3)[nH]c2=O)c1. The van der Waals surface area contributed by atoms with Crippen molar-refractivity contribution < 1.29 is 0 Å². The van der Waals surface area contributed by atoms with Gasteiger partial charge in [-0.15, -0.1) is 5.10 Å². The van der Waals surface area contributed by atoms with Crippen molar-refractivity contribution in [3.8, 4) is 28.9 Å². The molecule has 1 aliphatic carbocycles. The molecule has 3 aromatic rings. The third kappa shape index (κ3) is 3.97. The lowest BCUT2D eigenvalue weighted by Crippen LogP contribution is -2.17. The van der Waals surface area contributed by atoms with Crippen LogP contribution in [0.15, 0.2) is 47.3 Å². The van der Waals surface area contributed by atoms with Crippen molar-refractivity contribution in [3.63, 3.8) is 0 Å². The second kappa shape index (κ2) is 7.43. The van der Waals surface area contributed by atoms with Crippen LogP contribution in [-0.4, -0.2) is 21.8 Å². The van der Waals surface area contributed by atoms with Gasteiger partial charge in [-0.25, -0.2) is 4.79 Å². The van der Waals surface area contributed by atoms with Gasteiger partial charge in [0.15, 0.2) is 5.82 Å². The Bertz CT molecular complexity index is 1080. The molecule has 2 N–H and O–H groups in total. The Morgan fingerprint density at radius 3 is 2.74 bits per heavy atom. The highest BCUT2D eigenvalue weighted by Gasteiger charge is 2.17. The Morgan fingerprint density at radius 2 is 2.04 bits per heavy atom. The molecule has 1 fully saturated rings. The third-order valence-corrected chi connectivity index (χ3v) is 4.71. The lowest BCUT2D eigenvalue weighted by Gasteiger charge is -2.06. The molecule has 0 atom stereocenters. The van der Waals surface area contributed by atoms with E-state index in [9.17, 15) is 4.79 Å². The molecule has 0 unspecified atom stereocenters. The van der Waals surface area contributed by atoms with E-state index in [2.05, 4.69) is 27.2 Å². The summed E-state index contributed by atoms with van der Waals surface area (Å²) < 4.78 is 1.30. The zero-order valence-corrected chi connectivity index (χ0v) is 15.7. The van der Waals surface area contributed by atoms with Crippen LogP contribution in [0.4, 0.5) is 0 Å². The van der Waals surface area contributed by atoms with Crippen LogP contribution in [0.3, 0.4) is 0 Å². The summed E-state index contributed by atoms with van der Waals surface area (Å²) in [6.45, 7) is 0.680. The van der Waals surface area contributed by atoms with E-state index in [1.807, 2.05) is 43.4 Å². The van der Waals surface area contributed by atoms with Crippen molar-refractivity contribution in [2.75, 3.05) is 7.05 Å². The molecule has 1 heterocycles. The van der Waals surface area contributed by atoms with Gasteiger partial charge in [0.2, 0.25) is 0 Å². The molecule has 4 rings (SSSR count). The normalized spacial score (nSPS) is 13.3. The van der Waals surface area contributed by atoms with E-state index in [1.165, 1.54) is 17.5 Å². The van der Waals surface area contributed by atoms with Crippen LogP contribution >= 0.6 is 11.6 Å². The molecule has 27 heavy (non-hydrogen) atoms.